The molecule has 0 amide bonds. The van der Waals surface area contributed by atoms with E-state index in [1.165, 1.54) is 0 Å². The van der Waals surface area contributed by atoms with E-state index in [1.54, 1.807) is 0 Å². The largest absolute Gasteiger partial charge is 0.384 e. The second-order valence-corrected chi connectivity index (χ2v) is 9.37. The Kier molecular flexibility index (Phi) is 4.82. The van der Waals surface area contributed by atoms with Crippen LogP contribution in [0.3, 0.4) is 0 Å². The average molecular weight is 393 g/mol. The van der Waals surface area contributed by atoms with E-state index in [0.29, 0.717) is 4.57 Å². The third-order valence-electron chi connectivity index (χ3n) is 3.28. The summed E-state index contributed by atoms with van der Waals surface area (Å²) >= 11 is 10.3. The average Bonchev–Trinajstić information content (AvgIpc) is 2.58. The third kappa shape index (κ3) is 3.69. The lowest BCUT2D eigenvalue weighted by Crippen LogP contribution is -2.49. The molecular weight excluding hydrogens is 381 g/mol. The van der Waals surface area contributed by atoms with E-state index in [4.69, 9.17) is 27.2 Å². The Morgan fingerprint density at radius 2 is 2.17 bits per heavy atom. The van der Waals surface area contributed by atoms with Crippen molar-refractivity contribution in [2.45, 2.75) is 30.7 Å². The molecule has 1 aliphatic rings. The number of nitrogens with zero attached hydrogens (tertiary/aromatic N) is 1. The molecular formula is C10H12Cl2FN2O7P. The van der Waals surface area contributed by atoms with Crippen molar-refractivity contribution in [3.8, 4) is 0 Å². The molecule has 2 rings (SSSR count). The number of aliphatic hydroxyl groups excluding tert-OH is 1. The van der Waals surface area contributed by atoms with Crippen molar-refractivity contribution in [3.05, 3.63) is 33.1 Å². The fourth-order valence-electron chi connectivity index (χ4n) is 2.17. The minimum absolute atomic E-state index is 0.674. The zero-order chi connectivity index (χ0) is 17.6. The van der Waals surface area contributed by atoms with Gasteiger partial charge in [0.2, 0.25) is 0 Å². The fraction of sp³-hybridized carbons (Fsp3) is 0.600. The highest BCUT2D eigenvalue weighted by Crippen LogP contribution is 2.59. The molecule has 9 nitrogen and oxygen atoms in total. The molecule has 0 bridgehead atoms. The number of hydrogen-bond donors (Lipinski definition) is 3. The van der Waals surface area contributed by atoms with Gasteiger partial charge in [-0.3, -0.25) is 18.9 Å². The van der Waals surface area contributed by atoms with Crippen LogP contribution in [0, 0.1) is 0 Å². The first-order valence-corrected chi connectivity index (χ1v) is 9.53. The smallest absolute Gasteiger partial charge is 0.380 e. The summed E-state index contributed by atoms with van der Waals surface area (Å²) in [6, 6.07) is 0.938. The van der Waals surface area contributed by atoms with Crippen molar-refractivity contribution < 1.29 is 28.4 Å². The van der Waals surface area contributed by atoms with Crippen molar-refractivity contribution >= 4 is 28.6 Å². The minimum Gasteiger partial charge on any atom is -0.384 e. The lowest BCUT2D eigenvalue weighted by Gasteiger charge is -2.27. The molecule has 1 aromatic heterocycles. The Morgan fingerprint density at radius 3 is 2.70 bits per heavy atom. The predicted octanol–water partition coefficient (Wildman–Crippen LogP) is 0.445. The SMILES string of the molecule is C[C@]1(O)[C@H](n2ccc(=O)[nH]c2=O)O[C@](F)(COP(=O)(Cl)Cl)[C@H]1O. The molecule has 4 atom stereocenters. The summed E-state index contributed by atoms with van der Waals surface area (Å²) in [5, 5.41) is 20.2. The van der Waals surface area contributed by atoms with Crippen LogP contribution in [0.4, 0.5) is 4.39 Å². The molecule has 130 valence electrons. The Bertz CT molecular complexity index is 762. The van der Waals surface area contributed by atoms with Crippen LogP contribution in [0.15, 0.2) is 21.9 Å². The van der Waals surface area contributed by atoms with Crippen LogP contribution >= 0.6 is 28.6 Å². The molecule has 0 spiro atoms. The maximum Gasteiger partial charge on any atom is 0.380 e. The summed E-state index contributed by atoms with van der Waals surface area (Å²) in [7, 11) is 0. The molecule has 0 aliphatic carbocycles. The Balaban J connectivity index is 2.38. The third-order valence-corrected chi connectivity index (χ3v) is 4.30. The van der Waals surface area contributed by atoms with Crippen molar-refractivity contribution in [2.24, 2.45) is 0 Å². The summed E-state index contributed by atoms with van der Waals surface area (Å²) in [5.41, 5.74) is -4.01. The van der Waals surface area contributed by atoms with Gasteiger partial charge < -0.3 is 19.5 Å². The van der Waals surface area contributed by atoms with Crippen LogP contribution in [-0.2, 0) is 13.8 Å². The number of nitrogens with one attached hydrogen (secondary N) is 1. The standard InChI is InChI=1S/C10H12Cl2FN2O7P/c1-9(19)6(17)10(13,4-21-23(11,12)20)22-7(9)15-3-2-5(16)14-8(15)18/h2-3,6-7,17,19H,4H2,1H3,(H,14,16,18)/t6-,7+,9+,10+/m0/s1. The Labute approximate surface area is 137 Å². The van der Waals surface area contributed by atoms with Gasteiger partial charge in [0.1, 0.15) is 18.3 Å². The molecule has 23 heavy (non-hydrogen) atoms. The summed E-state index contributed by atoms with van der Waals surface area (Å²) in [6.45, 7) is -0.161. The quantitative estimate of drug-likeness (QED) is 0.633. The highest BCUT2D eigenvalue weighted by molar-refractivity contribution is 8.05. The molecule has 1 saturated heterocycles. The fourth-order valence-corrected chi connectivity index (χ4v) is 2.79. The summed E-state index contributed by atoms with van der Waals surface area (Å²) in [6.07, 6.45) is -7.07. The molecule has 1 aromatic rings. The maximum absolute atomic E-state index is 14.7. The molecule has 13 heteroatoms. The molecule has 1 fully saturated rings. The van der Waals surface area contributed by atoms with Crippen molar-refractivity contribution in [2.75, 3.05) is 6.61 Å². The van der Waals surface area contributed by atoms with Gasteiger partial charge in [-0.15, -0.1) is 0 Å². The summed E-state index contributed by atoms with van der Waals surface area (Å²) < 4.78 is 35.7. The lowest BCUT2D eigenvalue weighted by molar-refractivity contribution is -0.202. The van der Waals surface area contributed by atoms with Gasteiger partial charge in [-0.05, 0) is 29.4 Å². The number of hydrogen-bond acceptors (Lipinski definition) is 7. The normalized spacial score (nSPS) is 34.7. The zero-order valence-corrected chi connectivity index (χ0v) is 13.9. The molecule has 0 unspecified atom stereocenters. The van der Waals surface area contributed by atoms with Crippen molar-refractivity contribution in [1.82, 2.24) is 9.55 Å². The molecule has 0 saturated carbocycles. The number of ether oxygens (including phenoxy) is 1. The second-order valence-electron chi connectivity index (χ2n) is 5.09. The van der Waals surface area contributed by atoms with Gasteiger partial charge in [0.15, 0.2) is 6.23 Å². The van der Waals surface area contributed by atoms with Gasteiger partial charge in [-0.1, -0.05) is 0 Å². The first-order valence-electron chi connectivity index (χ1n) is 6.09. The highest BCUT2D eigenvalue weighted by atomic mass is 35.9. The van der Waals surface area contributed by atoms with E-state index in [2.05, 4.69) is 4.52 Å². The number of halogens is 3. The van der Waals surface area contributed by atoms with Gasteiger partial charge in [0.05, 0.1) is 0 Å². The molecule has 3 N–H and O–H groups in total. The van der Waals surface area contributed by atoms with Gasteiger partial charge in [0.25, 0.3) is 11.4 Å². The number of aromatic amines is 1. The van der Waals surface area contributed by atoms with Crippen LogP contribution in [0.1, 0.15) is 13.2 Å². The molecule has 1 aliphatic heterocycles. The number of rotatable bonds is 4. The number of aliphatic hydroxyl groups is 2. The highest BCUT2D eigenvalue weighted by Gasteiger charge is 2.63. The van der Waals surface area contributed by atoms with Crippen LogP contribution in [0.5, 0.6) is 0 Å². The number of H-pyrrole nitrogens is 1. The van der Waals surface area contributed by atoms with E-state index in [0.717, 1.165) is 19.2 Å². The van der Waals surface area contributed by atoms with Gasteiger partial charge in [-0.2, -0.15) is 0 Å². The van der Waals surface area contributed by atoms with Crippen molar-refractivity contribution in [3.63, 3.8) is 0 Å². The molecule has 0 radical (unpaired) electrons. The lowest BCUT2D eigenvalue weighted by atomic mass is 9.95. The first-order chi connectivity index (χ1) is 10.4. The predicted molar refractivity (Wildman–Crippen MR) is 77.2 cm³/mol. The van der Waals surface area contributed by atoms with Crippen LogP contribution in [0.25, 0.3) is 0 Å². The van der Waals surface area contributed by atoms with Gasteiger partial charge in [-0.25, -0.2) is 9.18 Å². The molecule has 0 aromatic carbocycles. The topological polar surface area (TPSA) is 131 Å². The summed E-state index contributed by atoms with van der Waals surface area (Å²) in [5.74, 6) is -3.05. The second kappa shape index (κ2) is 5.96. The molecule has 2 heterocycles. The van der Waals surface area contributed by atoms with Crippen LogP contribution in [0.2, 0.25) is 0 Å². The van der Waals surface area contributed by atoms with Crippen molar-refractivity contribution in [1.29, 1.82) is 0 Å². The Morgan fingerprint density at radius 1 is 1.57 bits per heavy atom. The number of alkyl halides is 1. The van der Waals surface area contributed by atoms with Gasteiger partial charge >= 0.3 is 11.8 Å². The van der Waals surface area contributed by atoms with E-state index in [1.807, 2.05) is 4.98 Å². The van der Waals surface area contributed by atoms with E-state index < -0.39 is 47.7 Å². The van der Waals surface area contributed by atoms with E-state index in [9.17, 15) is 28.8 Å². The zero-order valence-electron chi connectivity index (χ0n) is 11.5. The minimum atomic E-state index is -4.12. The van der Waals surface area contributed by atoms with Gasteiger partial charge in [0, 0.05) is 12.3 Å². The Hall–Kier alpha value is -0.740. The van der Waals surface area contributed by atoms with Crippen LogP contribution in [-0.4, -0.2) is 43.9 Å². The van der Waals surface area contributed by atoms with E-state index >= 15 is 0 Å². The monoisotopic (exact) mass is 392 g/mol. The summed E-state index contributed by atoms with van der Waals surface area (Å²) in [4.78, 5) is 24.7. The first kappa shape index (κ1) is 18.6. The maximum atomic E-state index is 14.7. The number of aromatic nitrogens is 2. The van der Waals surface area contributed by atoms with Crippen LogP contribution < -0.4 is 11.2 Å². The van der Waals surface area contributed by atoms with E-state index in [-0.39, 0.29) is 0 Å².